The van der Waals surface area contributed by atoms with Crippen molar-refractivity contribution in [3.05, 3.63) is 36.5 Å². The Morgan fingerprint density at radius 3 is 2.24 bits per heavy atom. The normalized spacial score (nSPS) is 14.5. The van der Waals surface area contributed by atoms with Crippen LogP contribution in [0.4, 0.5) is 0 Å². The molecule has 0 spiro atoms. The summed E-state index contributed by atoms with van der Waals surface area (Å²) in [6.07, 6.45) is 10.4. The maximum atomic E-state index is 5.93. The minimum absolute atomic E-state index is 0.295. The Kier molecular flexibility index (Phi) is 9.78. The fourth-order valence-corrected chi connectivity index (χ4v) is 2.02. The maximum absolute atomic E-state index is 5.93. The molecule has 0 rings (SSSR count). The minimum atomic E-state index is 0.295. The number of nitrogens with two attached hydrogens (primary N) is 1. The van der Waals surface area contributed by atoms with E-state index >= 15 is 0 Å². The van der Waals surface area contributed by atoms with Crippen molar-refractivity contribution < 1.29 is 0 Å². The van der Waals surface area contributed by atoms with Crippen molar-refractivity contribution in [3.8, 4) is 0 Å². The predicted molar refractivity (Wildman–Crippen MR) is 78.1 cm³/mol. The van der Waals surface area contributed by atoms with E-state index in [1.807, 2.05) is 19.1 Å². The van der Waals surface area contributed by atoms with Gasteiger partial charge in [-0.25, -0.2) is 0 Å². The van der Waals surface area contributed by atoms with Crippen molar-refractivity contribution in [1.29, 1.82) is 0 Å². The summed E-state index contributed by atoms with van der Waals surface area (Å²) in [5, 5.41) is 0. The van der Waals surface area contributed by atoms with Crippen LogP contribution in [0.15, 0.2) is 36.5 Å². The highest BCUT2D eigenvalue weighted by Crippen LogP contribution is 2.13. The molecule has 0 saturated carbocycles. The van der Waals surface area contributed by atoms with Crippen molar-refractivity contribution in [2.24, 2.45) is 5.73 Å². The van der Waals surface area contributed by atoms with Gasteiger partial charge in [-0.3, -0.25) is 4.90 Å². The fourth-order valence-electron chi connectivity index (χ4n) is 2.02. The van der Waals surface area contributed by atoms with Gasteiger partial charge in [0.05, 0.1) is 0 Å². The molecule has 0 bridgehead atoms. The first-order valence-corrected chi connectivity index (χ1v) is 6.64. The van der Waals surface area contributed by atoms with Gasteiger partial charge in [-0.05, 0) is 38.4 Å². The maximum Gasteiger partial charge on any atom is 0.0470 e. The van der Waals surface area contributed by atoms with E-state index in [0.29, 0.717) is 12.6 Å². The Hall–Kier alpha value is -0.860. The van der Waals surface area contributed by atoms with Gasteiger partial charge in [0.2, 0.25) is 0 Å². The predicted octanol–water partition coefficient (Wildman–Crippen LogP) is 3.12. The topological polar surface area (TPSA) is 29.3 Å². The zero-order valence-electron chi connectivity index (χ0n) is 11.7. The third kappa shape index (κ3) is 5.85. The molecule has 98 valence electrons. The van der Waals surface area contributed by atoms with Crippen LogP contribution in [0.1, 0.15) is 33.6 Å². The Morgan fingerprint density at radius 1 is 1.29 bits per heavy atom. The van der Waals surface area contributed by atoms with Gasteiger partial charge in [0.25, 0.3) is 0 Å². The molecule has 1 atom stereocenters. The molecular formula is C15H28N2. The Morgan fingerprint density at radius 2 is 1.88 bits per heavy atom. The van der Waals surface area contributed by atoms with Crippen LogP contribution in [0.25, 0.3) is 0 Å². The van der Waals surface area contributed by atoms with Crippen molar-refractivity contribution >= 4 is 0 Å². The molecule has 1 unspecified atom stereocenters. The first-order valence-electron chi connectivity index (χ1n) is 6.64. The lowest BCUT2D eigenvalue weighted by Gasteiger charge is -2.31. The molecule has 2 N–H and O–H groups in total. The summed E-state index contributed by atoms with van der Waals surface area (Å²) >= 11 is 0. The molecular weight excluding hydrogens is 208 g/mol. The van der Waals surface area contributed by atoms with Gasteiger partial charge in [-0.2, -0.15) is 0 Å². The second-order valence-electron chi connectivity index (χ2n) is 4.18. The zero-order chi connectivity index (χ0) is 13.1. The van der Waals surface area contributed by atoms with E-state index in [9.17, 15) is 0 Å². The Balaban J connectivity index is 4.89. The monoisotopic (exact) mass is 236 g/mol. The van der Waals surface area contributed by atoms with Crippen LogP contribution >= 0.6 is 0 Å². The van der Waals surface area contributed by atoms with E-state index in [0.717, 1.165) is 25.9 Å². The molecule has 0 aliphatic rings. The molecule has 2 heteroatoms. The largest absolute Gasteiger partial charge is 0.329 e. The number of hydrogen-bond donors (Lipinski definition) is 1. The lowest BCUT2D eigenvalue weighted by molar-refractivity contribution is 0.227. The van der Waals surface area contributed by atoms with Crippen LogP contribution in [-0.2, 0) is 0 Å². The molecule has 0 aliphatic carbocycles. The quantitative estimate of drug-likeness (QED) is 0.623. The summed E-state index contributed by atoms with van der Waals surface area (Å²) in [5.41, 5.74) is 7.14. The highest BCUT2D eigenvalue weighted by molar-refractivity contribution is 5.28. The standard InChI is InChI=1S/C15H28N2/c1-5-9-10-14(8-4)15(13-16)17(11-6-2)12-7-3/h5,8-10,15H,4,6-7,11-13,16H2,1-3H3. The van der Waals surface area contributed by atoms with E-state index in [1.165, 1.54) is 5.57 Å². The summed E-state index contributed by atoms with van der Waals surface area (Å²) in [5.74, 6) is 0. The SMILES string of the molecule is C=CC(=CC=CC)C(CN)N(CCC)CCC. The van der Waals surface area contributed by atoms with Gasteiger partial charge in [-0.1, -0.05) is 44.7 Å². The van der Waals surface area contributed by atoms with Gasteiger partial charge in [0.1, 0.15) is 0 Å². The van der Waals surface area contributed by atoms with Crippen molar-refractivity contribution in [3.63, 3.8) is 0 Å². The van der Waals surface area contributed by atoms with Crippen LogP contribution in [0, 0.1) is 0 Å². The second kappa shape index (κ2) is 10.3. The molecule has 0 radical (unpaired) electrons. The molecule has 0 saturated heterocycles. The van der Waals surface area contributed by atoms with Gasteiger partial charge in [-0.15, -0.1) is 0 Å². The van der Waals surface area contributed by atoms with Crippen molar-refractivity contribution in [1.82, 2.24) is 4.90 Å². The lowest BCUT2D eigenvalue weighted by atomic mass is 10.0. The smallest absolute Gasteiger partial charge is 0.0470 e. The Bertz CT molecular complexity index is 248. The summed E-state index contributed by atoms with van der Waals surface area (Å²) in [7, 11) is 0. The van der Waals surface area contributed by atoms with Crippen LogP contribution in [0.2, 0.25) is 0 Å². The van der Waals surface area contributed by atoms with Gasteiger partial charge < -0.3 is 5.73 Å². The third-order valence-electron chi connectivity index (χ3n) is 2.79. The molecule has 0 fully saturated rings. The number of hydrogen-bond acceptors (Lipinski definition) is 2. The van der Waals surface area contributed by atoms with Crippen LogP contribution in [-0.4, -0.2) is 30.6 Å². The highest BCUT2D eigenvalue weighted by Gasteiger charge is 2.17. The van der Waals surface area contributed by atoms with Gasteiger partial charge in [0, 0.05) is 12.6 Å². The molecule has 0 aromatic carbocycles. The van der Waals surface area contributed by atoms with Crippen LogP contribution < -0.4 is 5.73 Å². The fraction of sp³-hybridized carbons (Fsp3) is 0.600. The Labute approximate surface area is 107 Å². The van der Waals surface area contributed by atoms with E-state index in [-0.39, 0.29) is 0 Å². The third-order valence-corrected chi connectivity index (χ3v) is 2.79. The van der Waals surface area contributed by atoms with Gasteiger partial charge in [0.15, 0.2) is 0 Å². The average Bonchev–Trinajstić information content (AvgIpc) is 2.34. The van der Waals surface area contributed by atoms with E-state index in [4.69, 9.17) is 5.73 Å². The number of nitrogens with zero attached hydrogens (tertiary/aromatic N) is 1. The molecule has 2 nitrogen and oxygen atoms in total. The van der Waals surface area contributed by atoms with Crippen molar-refractivity contribution in [2.45, 2.75) is 39.7 Å². The minimum Gasteiger partial charge on any atom is -0.329 e. The molecule has 0 amide bonds. The molecule has 0 heterocycles. The summed E-state index contributed by atoms with van der Waals surface area (Å²) in [6.45, 7) is 13.2. The summed E-state index contributed by atoms with van der Waals surface area (Å²) in [6, 6.07) is 0.295. The first kappa shape index (κ1) is 16.1. The summed E-state index contributed by atoms with van der Waals surface area (Å²) < 4.78 is 0. The molecule has 0 aromatic heterocycles. The molecule has 0 aromatic rings. The molecule has 0 aliphatic heterocycles. The van der Waals surface area contributed by atoms with E-state index in [1.54, 1.807) is 0 Å². The van der Waals surface area contributed by atoms with E-state index < -0.39 is 0 Å². The van der Waals surface area contributed by atoms with Crippen LogP contribution in [0.3, 0.4) is 0 Å². The zero-order valence-corrected chi connectivity index (χ0v) is 11.7. The highest BCUT2D eigenvalue weighted by atomic mass is 15.2. The lowest BCUT2D eigenvalue weighted by Crippen LogP contribution is -2.42. The average molecular weight is 236 g/mol. The van der Waals surface area contributed by atoms with Gasteiger partial charge >= 0.3 is 0 Å². The number of allylic oxidation sites excluding steroid dienone is 3. The first-order chi connectivity index (χ1) is 8.24. The van der Waals surface area contributed by atoms with Crippen LogP contribution in [0.5, 0.6) is 0 Å². The molecule has 17 heavy (non-hydrogen) atoms. The summed E-state index contributed by atoms with van der Waals surface area (Å²) in [4.78, 5) is 2.46. The van der Waals surface area contributed by atoms with Crippen molar-refractivity contribution in [2.75, 3.05) is 19.6 Å². The number of rotatable bonds is 9. The van der Waals surface area contributed by atoms with E-state index in [2.05, 4.69) is 37.5 Å². The second-order valence-corrected chi connectivity index (χ2v) is 4.18.